The first-order valence-electron chi connectivity index (χ1n) is 9.14. The van der Waals surface area contributed by atoms with Crippen molar-refractivity contribution in [3.63, 3.8) is 0 Å². The van der Waals surface area contributed by atoms with Crippen LogP contribution in [-0.4, -0.2) is 28.6 Å². The molecule has 1 aliphatic heterocycles. The van der Waals surface area contributed by atoms with Gasteiger partial charge in [0.1, 0.15) is 17.4 Å². The van der Waals surface area contributed by atoms with Crippen LogP contribution in [0.4, 0.5) is 5.82 Å². The number of ether oxygens (including phenoxy) is 1. The normalized spacial score (nSPS) is 20.5. The van der Waals surface area contributed by atoms with Gasteiger partial charge >= 0.3 is 0 Å². The molecule has 2 aromatic rings. The van der Waals surface area contributed by atoms with E-state index in [9.17, 15) is 9.59 Å². The molecule has 0 bridgehead atoms. The number of para-hydroxylation sites is 1. The van der Waals surface area contributed by atoms with E-state index in [1.807, 2.05) is 30.3 Å². The van der Waals surface area contributed by atoms with Gasteiger partial charge in [0.05, 0.1) is 18.6 Å². The van der Waals surface area contributed by atoms with Crippen LogP contribution >= 0.6 is 11.8 Å². The molecular weight excluding hydrogens is 374 g/mol. The third kappa shape index (κ3) is 3.16. The molecule has 0 amide bonds. The molecule has 0 unspecified atom stereocenters. The largest absolute Gasteiger partial charge is 0.496 e. The lowest BCUT2D eigenvalue weighted by molar-refractivity contribution is -0.122. The lowest BCUT2D eigenvalue weighted by atomic mass is 9.72. The van der Waals surface area contributed by atoms with Crippen molar-refractivity contribution in [1.29, 1.82) is 0 Å². The Hall–Kier alpha value is -2.80. The van der Waals surface area contributed by atoms with E-state index in [0.29, 0.717) is 40.9 Å². The highest BCUT2D eigenvalue weighted by Gasteiger charge is 2.43. The number of methoxy groups -OCH3 is 1. The number of H-pyrrole nitrogens is 1. The standard InChI is InChI=1S/C21H21N3O3S/c1-3-11-28-21-23-19-18(20(26)24-21)16(12-7-4-5-10-15(12)27-2)17-13(22-19)8-6-9-14(17)25/h3-5,7-8,10,16-17H,1,6,9,11H2,2H3,(H2,22,23,24,26)/t16-,17-/m0/s1. The fourth-order valence-electron chi connectivity index (χ4n) is 3.93. The molecule has 1 aromatic carbocycles. The number of allylic oxidation sites excluding steroid dienone is 2. The van der Waals surface area contributed by atoms with E-state index < -0.39 is 11.8 Å². The lowest BCUT2D eigenvalue weighted by Crippen LogP contribution is -2.39. The topological polar surface area (TPSA) is 84.1 Å². The highest BCUT2D eigenvalue weighted by molar-refractivity contribution is 7.99. The average molecular weight is 395 g/mol. The minimum atomic E-state index is -0.443. The van der Waals surface area contributed by atoms with Crippen molar-refractivity contribution in [2.75, 3.05) is 18.2 Å². The number of aromatic amines is 1. The van der Waals surface area contributed by atoms with Gasteiger partial charge in [0, 0.05) is 29.4 Å². The molecule has 2 aliphatic rings. The summed E-state index contributed by atoms with van der Waals surface area (Å²) < 4.78 is 5.55. The summed E-state index contributed by atoms with van der Waals surface area (Å²) >= 11 is 1.41. The number of thioether (sulfide) groups is 1. The Morgan fingerprint density at radius 3 is 2.93 bits per heavy atom. The summed E-state index contributed by atoms with van der Waals surface area (Å²) in [6.07, 6.45) is 4.95. The van der Waals surface area contributed by atoms with Crippen molar-refractivity contribution < 1.29 is 9.53 Å². The van der Waals surface area contributed by atoms with Gasteiger partial charge in [-0.2, -0.15) is 0 Å². The lowest BCUT2D eigenvalue weighted by Gasteiger charge is -2.37. The van der Waals surface area contributed by atoms with Gasteiger partial charge in [-0.25, -0.2) is 4.98 Å². The molecule has 0 fully saturated rings. The molecule has 144 valence electrons. The van der Waals surface area contributed by atoms with E-state index in [0.717, 1.165) is 11.3 Å². The molecule has 0 saturated carbocycles. The number of anilines is 1. The fraction of sp³-hybridized carbons (Fsp3) is 0.286. The second kappa shape index (κ2) is 7.67. The van der Waals surface area contributed by atoms with Crippen LogP contribution in [0.2, 0.25) is 0 Å². The number of nitrogens with one attached hydrogen (secondary N) is 2. The van der Waals surface area contributed by atoms with Gasteiger partial charge in [-0.05, 0) is 12.5 Å². The van der Waals surface area contributed by atoms with Gasteiger partial charge in [0.25, 0.3) is 5.56 Å². The van der Waals surface area contributed by atoms with Gasteiger partial charge in [-0.15, -0.1) is 6.58 Å². The number of Topliss-reactive ketones (excluding diaryl/α,β-unsaturated/α-hetero) is 1. The van der Waals surface area contributed by atoms with Gasteiger partial charge in [0.2, 0.25) is 0 Å². The van der Waals surface area contributed by atoms with Crippen molar-refractivity contribution in [2.45, 2.75) is 23.9 Å². The van der Waals surface area contributed by atoms with Crippen molar-refractivity contribution >= 4 is 23.4 Å². The number of fused-ring (bicyclic) bond motifs is 2. The van der Waals surface area contributed by atoms with Gasteiger partial charge in [0.15, 0.2) is 5.16 Å². The number of rotatable bonds is 5. The Labute approximate surface area is 167 Å². The van der Waals surface area contributed by atoms with Crippen LogP contribution < -0.4 is 15.6 Å². The Morgan fingerprint density at radius 2 is 2.14 bits per heavy atom. The zero-order chi connectivity index (χ0) is 19.7. The maximum Gasteiger partial charge on any atom is 0.257 e. The fourth-order valence-corrected chi connectivity index (χ4v) is 4.53. The van der Waals surface area contributed by atoms with Crippen LogP contribution in [0.5, 0.6) is 5.75 Å². The van der Waals surface area contributed by atoms with E-state index in [1.165, 1.54) is 11.8 Å². The van der Waals surface area contributed by atoms with Crippen LogP contribution in [0.15, 0.2) is 58.6 Å². The van der Waals surface area contributed by atoms with E-state index >= 15 is 0 Å². The third-order valence-corrected chi connectivity index (χ3v) is 5.96. The Kier molecular flexibility index (Phi) is 5.09. The predicted octanol–water partition coefficient (Wildman–Crippen LogP) is 3.48. The van der Waals surface area contributed by atoms with Crippen LogP contribution in [0.3, 0.4) is 0 Å². The van der Waals surface area contributed by atoms with E-state index in [2.05, 4.69) is 21.9 Å². The molecule has 6 nitrogen and oxygen atoms in total. The molecule has 2 N–H and O–H groups in total. The van der Waals surface area contributed by atoms with Crippen molar-refractivity contribution in [3.8, 4) is 5.75 Å². The van der Waals surface area contributed by atoms with Crippen molar-refractivity contribution in [3.05, 3.63) is 70.2 Å². The number of ketones is 1. The van der Waals surface area contributed by atoms with Crippen molar-refractivity contribution in [1.82, 2.24) is 9.97 Å². The number of hydrogen-bond donors (Lipinski definition) is 2. The summed E-state index contributed by atoms with van der Waals surface area (Å²) in [6.45, 7) is 3.70. The molecule has 0 radical (unpaired) electrons. The summed E-state index contributed by atoms with van der Waals surface area (Å²) in [5.41, 5.74) is 1.87. The van der Waals surface area contributed by atoms with Crippen LogP contribution in [0, 0.1) is 5.92 Å². The molecule has 1 aliphatic carbocycles. The third-order valence-electron chi connectivity index (χ3n) is 5.09. The quantitative estimate of drug-likeness (QED) is 0.458. The van der Waals surface area contributed by atoms with E-state index in [4.69, 9.17) is 4.74 Å². The summed E-state index contributed by atoms with van der Waals surface area (Å²) in [7, 11) is 1.60. The van der Waals surface area contributed by atoms with Crippen LogP contribution in [-0.2, 0) is 4.79 Å². The summed E-state index contributed by atoms with van der Waals surface area (Å²) in [5, 5.41) is 3.78. The number of hydrogen-bond acceptors (Lipinski definition) is 6. The number of aromatic nitrogens is 2. The number of carbonyl (C=O) groups is 1. The summed E-state index contributed by atoms with van der Waals surface area (Å²) in [5.74, 6) is 1.04. The molecule has 28 heavy (non-hydrogen) atoms. The van der Waals surface area contributed by atoms with E-state index in [-0.39, 0.29) is 11.3 Å². The molecule has 1 aromatic heterocycles. The first-order valence-corrected chi connectivity index (χ1v) is 10.1. The second-order valence-electron chi connectivity index (χ2n) is 6.72. The Bertz CT molecular complexity index is 1030. The zero-order valence-corrected chi connectivity index (χ0v) is 16.3. The molecule has 4 rings (SSSR count). The van der Waals surface area contributed by atoms with Crippen LogP contribution in [0.25, 0.3) is 0 Å². The Balaban J connectivity index is 1.94. The predicted molar refractivity (Wildman–Crippen MR) is 110 cm³/mol. The molecule has 0 saturated heterocycles. The van der Waals surface area contributed by atoms with Crippen LogP contribution in [0.1, 0.15) is 29.9 Å². The first kappa shape index (κ1) is 18.6. The molecule has 0 spiro atoms. The highest BCUT2D eigenvalue weighted by atomic mass is 32.2. The minimum absolute atomic E-state index is 0.121. The van der Waals surface area contributed by atoms with Gasteiger partial charge in [-0.3, -0.25) is 9.59 Å². The molecule has 2 heterocycles. The van der Waals surface area contributed by atoms with Gasteiger partial charge in [-0.1, -0.05) is 42.1 Å². The first-order chi connectivity index (χ1) is 13.6. The number of carbonyl (C=O) groups excluding carboxylic acids is 1. The maximum absolute atomic E-state index is 13.1. The molecule has 7 heteroatoms. The van der Waals surface area contributed by atoms with Crippen molar-refractivity contribution in [2.24, 2.45) is 5.92 Å². The number of benzene rings is 1. The number of nitrogens with zero attached hydrogens (tertiary/aromatic N) is 1. The smallest absolute Gasteiger partial charge is 0.257 e. The molecular formula is C21H21N3O3S. The molecule has 2 atom stereocenters. The Morgan fingerprint density at radius 1 is 1.32 bits per heavy atom. The minimum Gasteiger partial charge on any atom is -0.496 e. The second-order valence-corrected chi connectivity index (χ2v) is 7.73. The van der Waals surface area contributed by atoms with E-state index in [1.54, 1.807) is 13.2 Å². The summed E-state index contributed by atoms with van der Waals surface area (Å²) in [6, 6.07) is 7.54. The maximum atomic E-state index is 13.1. The zero-order valence-electron chi connectivity index (χ0n) is 15.5. The SMILES string of the molecule is C=CCSc1nc2c(c(=O)[nH]1)[C@@H](c1ccccc1OC)[C@@H]1C(=O)CCC=C1N2. The monoisotopic (exact) mass is 395 g/mol. The van der Waals surface area contributed by atoms with Gasteiger partial charge < -0.3 is 15.0 Å². The average Bonchev–Trinajstić information content (AvgIpc) is 2.71. The highest BCUT2D eigenvalue weighted by Crippen LogP contribution is 2.47. The summed E-state index contributed by atoms with van der Waals surface area (Å²) in [4.78, 5) is 33.4.